The standard InChI is InChI=1S/C9H20ClNOS/c1-4-8(7-13-3)11(2)6-9(12)5-10/h8-9,12H,4-7H2,1-3H3. The van der Waals surface area contributed by atoms with E-state index in [0.717, 1.165) is 12.2 Å². The van der Waals surface area contributed by atoms with E-state index in [1.807, 2.05) is 18.8 Å². The Balaban J connectivity index is 3.82. The molecule has 4 heteroatoms. The predicted octanol–water partition coefficient (Wildman–Crippen LogP) is 1.66. The van der Waals surface area contributed by atoms with Gasteiger partial charge in [-0.05, 0) is 19.7 Å². The van der Waals surface area contributed by atoms with Crippen LogP contribution in [0, 0.1) is 0 Å². The van der Waals surface area contributed by atoms with Crippen LogP contribution in [0.2, 0.25) is 0 Å². The molecule has 0 aliphatic heterocycles. The van der Waals surface area contributed by atoms with Gasteiger partial charge in [-0.15, -0.1) is 11.6 Å². The number of hydrogen-bond donors (Lipinski definition) is 1. The topological polar surface area (TPSA) is 23.5 Å². The molecule has 0 rings (SSSR count). The third-order valence-electron chi connectivity index (χ3n) is 2.13. The molecular formula is C9H20ClNOS. The molecule has 0 spiro atoms. The highest BCUT2D eigenvalue weighted by Crippen LogP contribution is 2.08. The van der Waals surface area contributed by atoms with E-state index < -0.39 is 6.10 Å². The summed E-state index contributed by atoms with van der Waals surface area (Å²) in [6.07, 6.45) is 2.82. The molecule has 0 aromatic heterocycles. The van der Waals surface area contributed by atoms with Gasteiger partial charge in [0, 0.05) is 24.2 Å². The second kappa shape index (κ2) is 7.92. The van der Waals surface area contributed by atoms with E-state index in [9.17, 15) is 5.11 Å². The van der Waals surface area contributed by atoms with Crippen molar-refractivity contribution < 1.29 is 5.11 Å². The number of aliphatic hydroxyl groups excluding tert-OH is 1. The number of alkyl halides is 1. The predicted molar refractivity (Wildman–Crippen MR) is 61.8 cm³/mol. The van der Waals surface area contributed by atoms with E-state index in [-0.39, 0.29) is 0 Å². The first-order chi connectivity index (χ1) is 6.15. The van der Waals surface area contributed by atoms with Crippen LogP contribution < -0.4 is 0 Å². The zero-order valence-corrected chi connectivity index (χ0v) is 10.2. The molecule has 0 amide bonds. The number of rotatable bonds is 7. The van der Waals surface area contributed by atoms with Crippen molar-refractivity contribution in [1.82, 2.24) is 4.90 Å². The first-order valence-corrected chi connectivity index (χ1v) is 6.51. The molecule has 0 aliphatic carbocycles. The second-order valence-corrected chi connectivity index (χ2v) is 4.48. The molecule has 0 saturated heterocycles. The van der Waals surface area contributed by atoms with Gasteiger partial charge in [0.15, 0.2) is 0 Å². The molecule has 2 unspecified atom stereocenters. The van der Waals surface area contributed by atoms with E-state index in [1.165, 1.54) is 0 Å². The summed E-state index contributed by atoms with van der Waals surface area (Å²) in [6, 6.07) is 0.549. The lowest BCUT2D eigenvalue weighted by atomic mass is 10.2. The van der Waals surface area contributed by atoms with Gasteiger partial charge in [0.25, 0.3) is 0 Å². The van der Waals surface area contributed by atoms with Gasteiger partial charge >= 0.3 is 0 Å². The largest absolute Gasteiger partial charge is 0.391 e. The SMILES string of the molecule is CCC(CSC)N(C)CC(O)CCl. The Morgan fingerprint density at radius 3 is 2.54 bits per heavy atom. The third kappa shape index (κ3) is 5.78. The molecule has 2 atom stereocenters. The van der Waals surface area contributed by atoms with Crippen LogP contribution in [0.3, 0.4) is 0 Å². The Kier molecular flexibility index (Phi) is 8.26. The Morgan fingerprint density at radius 1 is 1.54 bits per heavy atom. The summed E-state index contributed by atoms with van der Waals surface area (Å²) < 4.78 is 0. The van der Waals surface area contributed by atoms with Crippen molar-refractivity contribution in [3.05, 3.63) is 0 Å². The van der Waals surface area contributed by atoms with Crippen LogP contribution in [-0.2, 0) is 0 Å². The summed E-state index contributed by atoms with van der Waals surface area (Å²) in [5, 5.41) is 9.36. The monoisotopic (exact) mass is 225 g/mol. The van der Waals surface area contributed by atoms with Crippen molar-refractivity contribution in [1.29, 1.82) is 0 Å². The van der Waals surface area contributed by atoms with Gasteiger partial charge in [-0.3, -0.25) is 4.90 Å². The van der Waals surface area contributed by atoms with Gasteiger partial charge < -0.3 is 5.11 Å². The van der Waals surface area contributed by atoms with Crippen LogP contribution in [-0.4, -0.2) is 53.6 Å². The van der Waals surface area contributed by atoms with Crippen molar-refractivity contribution in [3.8, 4) is 0 Å². The molecule has 0 bridgehead atoms. The number of nitrogens with zero attached hydrogens (tertiary/aromatic N) is 1. The summed E-state index contributed by atoms with van der Waals surface area (Å²) in [5.74, 6) is 1.43. The summed E-state index contributed by atoms with van der Waals surface area (Å²) in [6.45, 7) is 2.84. The fraction of sp³-hybridized carbons (Fsp3) is 1.00. The smallest absolute Gasteiger partial charge is 0.0802 e. The Labute approximate surface area is 90.6 Å². The second-order valence-electron chi connectivity index (χ2n) is 3.27. The van der Waals surface area contributed by atoms with Crippen LogP contribution in [0.15, 0.2) is 0 Å². The van der Waals surface area contributed by atoms with Crippen molar-refractivity contribution in [3.63, 3.8) is 0 Å². The highest BCUT2D eigenvalue weighted by molar-refractivity contribution is 7.98. The zero-order chi connectivity index (χ0) is 10.3. The molecule has 0 fully saturated rings. The van der Waals surface area contributed by atoms with Gasteiger partial charge in [0.1, 0.15) is 0 Å². The van der Waals surface area contributed by atoms with Gasteiger partial charge in [0.2, 0.25) is 0 Å². The molecule has 80 valence electrons. The fourth-order valence-electron chi connectivity index (χ4n) is 1.28. The fourth-order valence-corrected chi connectivity index (χ4v) is 2.25. The highest BCUT2D eigenvalue weighted by Gasteiger charge is 2.14. The molecule has 0 heterocycles. The van der Waals surface area contributed by atoms with E-state index in [1.54, 1.807) is 0 Å². The highest BCUT2D eigenvalue weighted by atomic mass is 35.5. The van der Waals surface area contributed by atoms with E-state index >= 15 is 0 Å². The minimum absolute atomic E-state index is 0.319. The van der Waals surface area contributed by atoms with Gasteiger partial charge in [-0.25, -0.2) is 0 Å². The average Bonchev–Trinajstić information content (AvgIpc) is 2.13. The molecule has 1 N–H and O–H groups in total. The molecular weight excluding hydrogens is 206 g/mol. The third-order valence-corrected chi connectivity index (χ3v) is 3.20. The number of halogens is 1. The lowest BCUT2D eigenvalue weighted by Crippen LogP contribution is -2.39. The van der Waals surface area contributed by atoms with Crippen molar-refractivity contribution in [2.45, 2.75) is 25.5 Å². The maximum atomic E-state index is 9.36. The molecule has 13 heavy (non-hydrogen) atoms. The molecule has 2 nitrogen and oxygen atoms in total. The lowest BCUT2D eigenvalue weighted by molar-refractivity contribution is 0.124. The number of thioether (sulfide) groups is 1. The van der Waals surface area contributed by atoms with E-state index in [4.69, 9.17) is 11.6 Å². The van der Waals surface area contributed by atoms with Crippen LogP contribution in [0.5, 0.6) is 0 Å². The number of hydrogen-bond acceptors (Lipinski definition) is 3. The zero-order valence-electron chi connectivity index (χ0n) is 8.66. The minimum Gasteiger partial charge on any atom is -0.391 e. The Hall–Kier alpha value is 0.560. The van der Waals surface area contributed by atoms with Gasteiger partial charge in [-0.2, -0.15) is 11.8 Å². The van der Waals surface area contributed by atoms with E-state index in [0.29, 0.717) is 18.5 Å². The van der Waals surface area contributed by atoms with Crippen molar-refractivity contribution >= 4 is 23.4 Å². The van der Waals surface area contributed by atoms with Gasteiger partial charge in [0.05, 0.1) is 6.10 Å². The number of likely N-dealkylation sites (N-methyl/N-ethyl adjacent to an activating group) is 1. The van der Waals surface area contributed by atoms with Crippen molar-refractivity contribution in [2.24, 2.45) is 0 Å². The summed E-state index contributed by atoms with van der Waals surface area (Å²) in [7, 11) is 2.04. The minimum atomic E-state index is -0.400. The van der Waals surface area contributed by atoms with Crippen molar-refractivity contribution in [2.75, 3.05) is 31.5 Å². The van der Waals surface area contributed by atoms with E-state index in [2.05, 4.69) is 18.1 Å². The normalized spacial score (nSPS) is 16.2. The molecule has 0 aromatic rings. The summed E-state index contributed by atoms with van der Waals surface area (Å²) >= 11 is 7.38. The number of aliphatic hydroxyl groups is 1. The van der Waals surface area contributed by atoms with Crippen LogP contribution in [0.1, 0.15) is 13.3 Å². The maximum Gasteiger partial charge on any atom is 0.0802 e. The lowest BCUT2D eigenvalue weighted by Gasteiger charge is -2.27. The maximum absolute atomic E-state index is 9.36. The molecule has 0 aliphatic rings. The summed E-state index contributed by atoms with van der Waals surface area (Å²) in [4.78, 5) is 2.18. The Morgan fingerprint density at radius 2 is 2.15 bits per heavy atom. The quantitative estimate of drug-likeness (QED) is 0.667. The van der Waals surface area contributed by atoms with Crippen LogP contribution in [0.4, 0.5) is 0 Å². The molecule has 0 aromatic carbocycles. The first-order valence-electron chi connectivity index (χ1n) is 4.58. The van der Waals surface area contributed by atoms with Crippen LogP contribution >= 0.6 is 23.4 Å². The van der Waals surface area contributed by atoms with Gasteiger partial charge in [-0.1, -0.05) is 6.92 Å². The first kappa shape index (κ1) is 13.6. The Bertz CT molecular complexity index is 126. The van der Waals surface area contributed by atoms with Crippen LogP contribution in [0.25, 0.3) is 0 Å². The summed E-state index contributed by atoms with van der Waals surface area (Å²) in [5.41, 5.74) is 0. The molecule has 0 radical (unpaired) electrons. The average molecular weight is 226 g/mol. The molecule has 0 saturated carbocycles.